The summed E-state index contributed by atoms with van der Waals surface area (Å²) in [6.07, 6.45) is 1.87. The van der Waals surface area contributed by atoms with Gasteiger partial charge in [0, 0.05) is 17.9 Å². The maximum Gasteiger partial charge on any atom is 0.192 e. The number of aromatic nitrogens is 3. The molecule has 0 bridgehead atoms. The van der Waals surface area contributed by atoms with Gasteiger partial charge in [-0.15, -0.1) is 16.8 Å². The van der Waals surface area contributed by atoms with Crippen molar-refractivity contribution in [2.24, 2.45) is 0 Å². The molecule has 0 saturated heterocycles. The van der Waals surface area contributed by atoms with Gasteiger partial charge >= 0.3 is 0 Å². The zero-order valence-corrected chi connectivity index (χ0v) is 15.3. The van der Waals surface area contributed by atoms with Crippen LogP contribution in [0, 0.1) is 6.92 Å². The summed E-state index contributed by atoms with van der Waals surface area (Å²) in [6.45, 7) is 6.62. The van der Waals surface area contributed by atoms with Gasteiger partial charge in [-0.2, -0.15) is 0 Å². The highest BCUT2D eigenvalue weighted by Crippen LogP contribution is 2.27. The predicted molar refractivity (Wildman–Crippen MR) is 103 cm³/mol. The first-order valence-electron chi connectivity index (χ1n) is 8.08. The summed E-state index contributed by atoms with van der Waals surface area (Å²) in [6, 6.07) is 16.4. The molecule has 4 nitrogen and oxygen atoms in total. The number of thioether (sulfide) groups is 1. The van der Waals surface area contributed by atoms with E-state index in [9.17, 15) is 0 Å². The molecule has 0 atom stereocenters. The molecule has 0 amide bonds. The van der Waals surface area contributed by atoms with Gasteiger partial charge in [-0.05, 0) is 30.7 Å². The summed E-state index contributed by atoms with van der Waals surface area (Å²) >= 11 is 1.67. The van der Waals surface area contributed by atoms with Gasteiger partial charge in [0.05, 0.1) is 7.11 Å². The Labute approximate surface area is 152 Å². The van der Waals surface area contributed by atoms with Crippen molar-refractivity contribution >= 4 is 11.8 Å². The van der Waals surface area contributed by atoms with Crippen LogP contribution in [0.1, 0.15) is 11.1 Å². The number of hydrogen-bond acceptors (Lipinski definition) is 4. The second-order valence-electron chi connectivity index (χ2n) is 5.72. The number of allylic oxidation sites excluding steroid dienone is 1. The van der Waals surface area contributed by atoms with Gasteiger partial charge in [0.1, 0.15) is 5.75 Å². The van der Waals surface area contributed by atoms with Crippen molar-refractivity contribution in [3.8, 4) is 17.1 Å². The molecule has 2 aromatic carbocycles. The number of ether oxygens (including phenoxy) is 1. The summed E-state index contributed by atoms with van der Waals surface area (Å²) in [5.74, 6) is 2.54. The Hall–Kier alpha value is -2.53. The van der Waals surface area contributed by atoms with E-state index >= 15 is 0 Å². The normalized spacial score (nSPS) is 10.6. The molecule has 1 aromatic heterocycles. The molecule has 128 valence electrons. The van der Waals surface area contributed by atoms with Crippen molar-refractivity contribution in [3.05, 3.63) is 72.3 Å². The van der Waals surface area contributed by atoms with Crippen LogP contribution < -0.4 is 4.74 Å². The SMILES string of the molecule is C=CCn1c(SCc2cccc(OC)c2)nnc1-c1cccc(C)c1. The lowest BCUT2D eigenvalue weighted by Gasteiger charge is -2.08. The van der Waals surface area contributed by atoms with E-state index in [1.165, 1.54) is 11.1 Å². The van der Waals surface area contributed by atoms with Crippen LogP contribution in [-0.2, 0) is 12.3 Å². The molecule has 0 N–H and O–H groups in total. The molecular weight excluding hydrogens is 330 g/mol. The minimum Gasteiger partial charge on any atom is -0.497 e. The second-order valence-corrected chi connectivity index (χ2v) is 6.66. The van der Waals surface area contributed by atoms with Crippen LogP contribution >= 0.6 is 11.8 Å². The predicted octanol–water partition coefficient (Wildman–Crippen LogP) is 4.74. The van der Waals surface area contributed by atoms with E-state index in [-0.39, 0.29) is 0 Å². The molecule has 0 aliphatic carbocycles. The lowest BCUT2D eigenvalue weighted by Crippen LogP contribution is -2.01. The number of benzene rings is 2. The van der Waals surface area contributed by atoms with E-state index in [0.717, 1.165) is 28.0 Å². The number of nitrogens with zero attached hydrogens (tertiary/aromatic N) is 3. The third-order valence-electron chi connectivity index (χ3n) is 3.81. The fourth-order valence-corrected chi connectivity index (χ4v) is 3.49. The molecule has 3 rings (SSSR count). The van der Waals surface area contributed by atoms with Gasteiger partial charge in [0.25, 0.3) is 0 Å². The third-order valence-corrected chi connectivity index (χ3v) is 4.84. The molecule has 0 saturated carbocycles. The van der Waals surface area contributed by atoms with Crippen LogP contribution in [0.2, 0.25) is 0 Å². The van der Waals surface area contributed by atoms with E-state index in [0.29, 0.717) is 6.54 Å². The van der Waals surface area contributed by atoms with Gasteiger partial charge in [-0.3, -0.25) is 4.57 Å². The maximum absolute atomic E-state index is 5.29. The molecule has 3 aromatic rings. The topological polar surface area (TPSA) is 39.9 Å². The molecule has 0 unspecified atom stereocenters. The van der Waals surface area contributed by atoms with Crippen LogP contribution in [-0.4, -0.2) is 21.9 Å². The van der Waals surface area contributed by atoms with Gasteiger partial charge in [-0.1, -0.05) is 53.7 Å². The highest BCUT2D eigenvalue weighted by atomic mass is 32.2. The van der Waals surface area contributed by atoms with Gasteiger partial charge in [0.15, 0.2) is 11.0 Å². The Morgan fingerprint density at radius 2 is 2.00 bits per heavy atom. The zero-order chi connectivity index (χ0) is 17.6. The second kappa shape index (κ2) is 8.03. The molecule has 0 aliphatic rings. The van der Waals surface area contributed by atoms with E-state index in [1.54, 1.807) is 18.9 Å². The molecular formula is C20H21N3OS. The molecule has 0 aliphatic heterocycles. The summed E-state index contributed by atoms with van der Waals surface area (Å²) in [4.78, 5) is 0. The summed E-state index contributed by atoms with van der Waals surface area (Å²) in [5, 5.41) is 9.70. The quantitative estimate of drug-likeness (QED) is 0.455. The number of rotatable bonds is 7. The van der Waals surface area contributed by atoms with Crippen molar-refractivity contribution in [2.75, 3.05) is 7.11 Å². The molecule has 0 radical (unpaired) electrons. The van der Waals surface area contributed by atoms with Crippen molar-refractivity contribution in [2.45, 2.75) is 24.4 Å². The molecule has 5 heteroatoms. The van der Waals surface area contributed by atoms with Gasteiger partial charge < -0.3 is 4.74 Å². The summed E-state index contributed by atoms with van der Waals surface area (Å²) in [7, 11) is 1.68. The first-order valence-corrected chi connectivity index (χ1v) is 9.06. The van der Waals surface area contributed by atoms with Crippen LogP contribution in [0.4, 0.5) is 0 Å². The Morgan fingerprint density at radius 3 is 2.76 bits per heavy atom. The summed E-state index contributed by atoms with van der Waals surface area (Å²) in [5.41, 5.74) is 3.47. The van der Waals surface area contributed by atoms with Crippen LogP contribution in [0.25, 0.3) is 11.4 Å². The van der Waals surface area contributed by atoms with Gasteiger partial charge in [0.2, 0.25) is 0 Å². The highest BCUT2D eigenvalue weighted by molar-refractivity contribution is 7.98. The Morgan fingerprint density at radius 1 is 1.16 bits per heavy atom. The van der Waals surface area contributed by atoms with E-state index in [1.807, 2.05) is 30.3 Å². The van der Waals surface area contributed by atoms with Crippen LogP contribution in [0.15, 0.2) is 66.3 Å². The molecule has 0 fully saturated rings. The molecule has 0 spiro atoms. The highest BCUT2D eigenvalue weighted by Gasteiger charge is 2.13. The number of hydrogen-bond donors (Lipinski definition) is 0. The molecule has 1 heterocycles. The molecule has 25 heavy (non-hydrogen) atoms. The first kappa shape index (κ1) is 17.3. The Kier molecular flexibility index (Phi) is 5.56. The first-order chi connectivity index (χ1) is 12.2. The standard InChI is InChI=1S/C20H21N3OS/c1-4-11-23-19(17-9-5-7-15(2)12-17)21-22-20(23)25-14-16-8-6-10-18(13-16)24-3/h4-10,12-13H,1,11,14H2,2-3H3. The van der Waals surface area contributed by atoms with Crippen molar-refractivity contribution in [1.29, 1.82) is 0 Å². The minimum absolute atomic E-state index is 0.677. The van der Waals surface area contributed by atoms with E-state index in [2.05, 4.69) is 52.5 Å². The largest absolute Gasteiger partial charge is 0.497 e. The van der Waals surface area contributed by atoms with Crippen LogP contribution in [0.3, 0.4) is 0 Å². The number of aryl methyl sites for hydroxylation is 1. The fraction of sp³-hybridized carbons (Fsp3) is 0.200. The summed E-state index contributed by atoms with van der Waals surface area (Å²) < 4.78 is 7.39. The Balaban J connectivity index is 1.85. The minimum atomic E-state index is 0.677. The van der Waals surface area contributed by atoms with Crippen molar-refractivity contribution < 1.29 is 4.74 Å². The lowest BCUT2D eigenvalue weighted by atomic mass is 10.1. The van der Waals surface area contributed by atoms with Crippen LogP contribution in [0.5, 0.6) is 5.75 Å². The number of methoxy groups -OCH3 is 1. The Bertz CT molecular complexity index is 873. The average molecular weight is 351 g/mol. The maximum atomic E-state index is 5.29. The fourth-order valence-electron chi connectivity index (χ4n) is 2.60. The van der Waals surface area contributed by atoms with Crippen molar-refractivity contribution in [3.63, 3.8) is 0 Å². The monoisotopic (exact) mass is 351 g/mol. The zero-order valence-electron chi connectivity index (χ0n) is 14.5. The van der Waals surface area contributed by atoms with Crippen molar-refractivity contribution in [1.82, 2.24) is 14.8 Å². The third kappa shape index (κ3) is 4.12. The smallest absolute Gasteiger partial charge is 0.192 e. The van der Waals surface area contributed by atoms with E-state index in [4.69, 9.17) is 4.74 Å². The lowest BCUT2D eigenvalue weighted by molar-refractivity contribution is 0.414. The van der Waals surface area contributed by atoms with E-state index < -0.39 is 0 Å². The van der Waals surface area contributed by atoms with Gasteiger partial charge in [-0.25, -0.2) is 0 Å². The average Bonchev–Trinajstić information content (AvgIpc) is 3.03.